The SMILES string of the molecule is O=C(NCC1CCCCN1C(=O)c1ccnc(F)c1)c1ccccc1. The van der Waals surface area contributed by atoms with Crippen LogP contribution in [0.3, 0.4) is 0 Å². The molecule has 1 aliphatic rings. The van der Waals surface area contributed by atoms with Gasteiger partial charge in [0.2, 0.25) is 5.95 Å². The Bertz CT molecular complexity index is 751. The van der Waals surface area contributed by atoms with Crippen molar-refractivity contribution in [1.29, 1.82) is 0 Å². The van der Waals surface area contributed by atoms with Crippen molar-refractivity contribution in [3.8, 4) is 0 Å². The van der Waals surface area contributed by atoms with E-state index in [-0.39, 0.29) is 23.4 Å². The molecule has 130 valence electrons. The number of rotatable bonds is 4. The van der Waals surface area contributed by atoms with E-state index in [1.54, 1.807) is 17.0 Å². The number of pyridine rings is 1. The number of aromatic nitrogens is 1. The van der Waals surface area contributed by atoms with Crippen molar-refractivity contribution >= 4 is 11.8 Å². The molecule has 3 rings (SSSR count). The molecule has 1 unspecified atom stereocenters. The molecule has 0 bridgehead atoms. The van der Waals surface area contributed by atoms with Gasteiger partial charge in [0, 0.05) is 42.5 Å². The molecule has 1 atom stereocenters. The minimum absolute atomic E-state index is 0.0925. The fraction of sp³-hybridized carbons (Fsp3) is 0.316. The van der Waals surface area contributed by atoms with Crippen molar-refractivity contribution in [2.45, 2.75) is 25.3 Å². The van der Waals surface area contributed by atoms with Crippen molar-refractivity contribution in [1.82, 2.24) is 15.2 Å². The van der Waals surface area contributed by atoms with Gasteiger partial charge in [-0.2, -0.15) is 4.39 Å². The van der Waals surface area contributed by atoms with E-state index in [2.05, 4.69) is 10.3 Å². The van der Waals surface area contributed by atoms with Gasteiger partial charge in [0.15, 0.2) is 0 Å². The molecule has 1 saturated heterocycles. The van der Waals surface area contributed by atoms with E-state index in [1.165, 1.54) is 12.3 Å². The van der Waals surface area contributed by atoms with Crippen molar-refractivity contribution in [2.75, 3.05) is 13.1 Å². The average molecular weight is 341 g/mol. The van der Waals surface area contributed by atoms with Crippen LogP contribution in [0.4, 0.5) is 4.39 Å². The minimum atomic E-state index is -0.670. The summed E-state index contributed by atoms with van der Waals surface area (Å²) in [6.45, 7) is 0.988. The van der Waals surface area contributed by atoms with Crippen LogP contribution in [0.25, 0.3) is 0 Å². The number of hydrogen-bond donors (Lipinski definition) is 1. The molecule has 25 heavy (non-hydrogen) atoms. The second-order valence-corrected chi connectivity index (χ2v) is 6.09. The molecule has 1 fully saturated rings. The zero-order valence-corrected chi connectivity index (χ0v) is 13.8. The first-order chi connectivity index (χ1) is 12.1. The number of nitrogens with zero attached hydrogens (tertiary/aromatic N) is 2. The molecule has 2 aromatic rings. The Hall–Kier alpha value is -2.76. The maximum atomic E-state index is 13.3. The summed E-state index contributed by atoms with van der Waals surface area (Å²) in [7, 11) is 0. The molecular weight excluding hydrogens is 321 g/mol. The van der Waals surface area contributed by atoms with Gasteiger partial charge in [-0.15, -0.1) is 0 Å². The third kappa shape index (κ3) is 4.21. The van der Waals surface area contributed by atoms with Crippen molar-refractivity contribution in [3.05, 3.63) is 65.7 Å². The van der Waals surface area contributed by atoms with Crippen LogP contribution in [-0.2, 0) is 0 Å². The van der Waals surface area contributed by atoms with E-state index in [4.69, 9.17) is 0 Å². The van der Waals surface area contributed by atoms with Crippen LogP contribution < -0.4 is 5.32 Å². The van der Waals surface area contributed by atoms with Crippen LogP contribution in [-0.4, -0.2) is 40.8 Å². The largest absolute Gasteiger partial charge is 0.350 e. The topological polar surface area (TPSA) is 62.3 Å². The minimum Gasteiger partial charge on any atom is -0.350 e. The second-order valence-electron chi connectivity index (χ2n) is 6.09. The van der Waals surface area contributed by atoms with Gasteiger partial charge in [0.25, 0.3) is 11.8 Å². The Balaban J connectivity index is 1.66. The predicted octanol–water partition coefficient (Wildman–Crippen LogP) is 2.65. The van der Waals surface area contributed by atoms with Crippen molar-refractivity contribution in [2.24, 2.45) is 0 Å². The van der Waals surface area contributed by atoms with E-state index >= 15 is 0 Å². The van der Waals surface area contributed by atoms with E-state index in [1.807, 2.05) is 18.2 Å². The first-order valence-corrected chi connectivity index (χ1v) is 8.41. The lowest BCUT2D eigenvalue weighted by Crippen LogP contribution is -2.49. The number of likely N-dealkylation sites (tertiary alicyclic amines) is 1. The summed E-state index contributed by atoms with van der Waals surface area (Å²) in [5.41, 5.74) is 0.876. The number of nitrogens with one attached hydrogen (secondary N) is 1. The quantitative estimate of drug-likeness (QED) is 0.870. The van der Waals surface area contributed by atoms with Gasteiger partial charge in [-0.1, -0.05) is 18.2 Å². The highest BCUT2D eigenvalue weighted by atomic mass is 19.1. The summed E-state index contributed by atoms with van der Waals surface area (Å²) in [6.07, 6.45) is 4.01. The number of benzene rings is 1. The molecule has 2 heterocycles. The Kier molecular flexibility index (Phi) is 5.38. The highest BCUT2D eigenvalue weighted by Gasteiger charge is 2.28. The molecular formula is C19H20FN3O2. The Morgan fingerprint density at radius 2 is 1.96 bits per heavy atom. The predicted molar refractivity (Wildman–Crippen MR) is 91.6 cm³/mol. The molecule has 0 spiro atoms. The highest BCUT2D eigenvalue weighted by molar-refractivity contribution is 5.95. The van der Waals surface area contributed by atoms with Crippen LogP contribution in [0.1, 0.15) is 40.0 Å². The zero-order valence-electron chi connectivity index (χ0n) is 13.8. The molecule has 5 nitrogen and oxygen atoms in total. The number of carbonyl (C=O) groups is 2. The molecule has 0 radical (unpaired) electrons. The molecule has 1 N–H and O–H groups in total. The van der Waals surface area contributed by atoms with E-state index in [0.29, 0.717) is 18.7 Å². The Labute approximate surface area is 145 Å². The third-order valence-electron chi connectivity index (χ3n) is 4.40. The van der Waals surface area contributed by atoms with Crippen molar-refractivity contribution in [3.63, 3.8) is 0 Å². The van der Waals surface area contributed by atoms with Crippen LogP contribution >= 0.6 is 0 Å². The number of carbonyl (C=O) groups excluding carboxylic acids is 2. The lowest BCUT2D eigenvalue weighted by atomic mass is 10.0. The maximum absolute atomic E-state index is 13.3. The van der Waals surface area contributed by atoms with Crippen LogP contribution in [0.2, 0.25) is 0 Å². The lowest BCUT2D eigenvalue weighted by Gasteiger charge is -2.36. The fourth-order valence-corrected chi connectivity index (χ4v) is 3.08. The summed E-state index contributed by atoms with van der Waals surface area (Å²) in [6, 6.07) is 11.5. The molecule has 1 aromatic carbocycles. The van der Waals surface area contributed by atoms with Crippen LogP contribution in [0.5, 0.6) is 0 Å². The van der Waals surface area contributed by atoms with Crippen molar-refractivity contribution < 1.29 is 14.0 Å². The van der Waals surface area contributed by atoms with E-state index in [0.717, 1.165) is 25.3 Å². The number of piperidine rings is 1. The fourth-order valence-electron chi connectivity index (χ4n) is 3.08. The molecule has 2 amide bonds. The van der Waals surface area contributed by atoms with Gasteiger partial charge in [-0.3, -0.25) is 9.59 Å². The second kappa shape index (κ2) is 7.88. The molecule has 0 saturated carbocycles. The zero-order chi connectivity index (χ0) is 17.6. The summed E-state index contributed by atoms with van der Waals surface area (Å²) in [4.78, 5) is 30.1. The summed E-state index contributed by atoms with van der Waals surface area (Å²) in [5.74, 6) is -1.05. The van der Waals surface area contributed by atoms with Gasteiger partial charge in [0.05, 0.1) is 0 Å². The highest BCUT2D eigenvalue weighted by Crippen LogP contribution is 2.19. The third-order valence-corrected chi connectivity index (χ3v) is 4.40. The monoisotopic (exact) mass is 341 g/mol. The van der Waals surface area contributed by atoms with E-state index in [9.17, 15) is 14.0 Å². The number of halogens is 1. The average Bonchev–Trinajstić information content (AvgIpc) is 2.66. The molecule has 6 heteroatoms. The van der Waals surface area contributed by atoms with Gasteiger partial charge in [0.1, 0.15) is 0 Å². The van der Waals surface area contributed by atoms with Crippen LogP contribution in [0, 0.1) is 5.95 Å². The standard InChI is InChI=1S/C19H20FN3O2/c20-17-12-15(9-10-21-17)19(25)23-11-5-4-8-16(23)13-22-18(24)14-6-2-1-3-7-14/h1-3,6-7,9-10,12,16H,4-5,8,11,13H2,(H,22,24). The first-order valence-electron chi connectivity index (χ1n) is 8.41. The lowest BCUT2D eigenvalue weighted by molar-refractivity contribution is 0.0602. The smallest absolute Gasteiger partial charge is 0.254 e. The van der Waals surface area contributed by atoms with Gasteiger partial charge in [-0.05, 0) is 37.5 Å². The maximum Gasteiger partial charge on any atom is 0.254 e. The first kappa shape index (κ1) is 17.1. The number of hydrogen-bond acceptors (Lipinski definition) is 3. The van der Waals surface area contributed by atoms with E-state index < -0.39 is 5.95 Å². The van der Waals surface area contributed by atoms with Gasteiger partial charge < -0.3 is 10.2 Å². The number of amides is 2. The molecule has 1 aromatic heterocycles. The Morgan fingerprint density at radius 3 is 2.72 bits per heavy atom. The summed E-state index contributed by atoms with van der Waals surface area (Å²) >= 11 is 0. The molecule has 1 aliphatic heterocycles. The Morgan fingerprint density at radius 1 is 1.16 bits per heavy atom. The van der Waals surface area contributed by atoms with Gasteiger partial charge >= 0.3 is 0 Å². The summed E-state index contributed by atoms with van der Waals surface area (Å²) < 4.78 is 13.3. The van der Waals surface area contributed by atoms with Crippen LogP contribution in [0.15, 0.2) is 48.7 Å². The summed E-state index contributed by atoms with van der Waals surface area (Å²) in [5, 5.41) is 2.90. The normalized spacial score (nSPS) is 17.2. The van der Waals surface area contributed by atoms with Gasteiger partial charge in [-0.25, -0.2) is 4.98 Å². The molecule has 0 aliphatic carbocycles.